The Morgan fingerprint density at radius 3 is 2.38 bits per heavy atom. The van der Waals surface area contributed by atoms with Crippen LogP contribution in [0.25, 0.3) is 0 Å². The van der Waals surface area contributed by atoms with E-state index in [0.717, 1.165) is 48.7 Å². The summed E-state index contributed by atoms with van der Waals surface area (Å²) >= 11 is 0. The van der Waals surface area contributed by atoms with Gasteiger partial charge in [-0.05, 0) is 57.9 Å². The van der Waals surface area contributed by atoms with Crippen LogP contribution in [0.1, 0.15) is 39.2 Å². The van der Waals surface area contributed by atoms with Crippen LogP contribution >= 0.6 is 0 Å². The molecule has 3 heterocycles. The Hall–Kier alpha value is -2.63. The number of fused-ring (bicyclic) bond motifs is 2. The van der Waals surface area contributed by atoms with Crippen molar-refractivity contribution in [3.63, 3.8) is 0 Å². The third-order valence-corrected chi connectivity index (χ3v) is 5.58. The molecule has 26 heavy (non-hydrogen) atoms. The molecule has 2 aromatic rings. The van der Waals surface area contributed by atoms with Gasteiger partial charge in [0.05, 0.1) is 5.41 Å². The number of carbonyl (C=O) groups excluding carboxylic acids is 1. The predicted octanol–water partition coefficient (Wildman–Crippen LogP) is 2.74. The predicted molar refractivity (Wildman–Crippen MR) is 103 cm³/mol. The van der Waals surface area contributed by atoms with Gasteiger partial charge in [0.1, 0.15) is 12.1 Å². The van der Waals surface area contributed by atoms with Crippen molar-refractivity contribution in [2.24, 2.45) is 0 Å². The zero-order chi connectivity index (χ0) is 18.5. The van der Waals surface area contributed by atoms with Crippen LogP contribution in [0, 0.1) is 0 Å². The van der Waals surface area contributed by atoms with Gasteiger partial charge in [0.15, 0.2) is 0 Å². The van der Waals surface area contributed by atoms with Gasteiger partial charge in [0.25, 0.3) is 0 Å². The maximum atomic E-state index is 13.5. The first-order chi connectivity index (χ1) is 12.3. The van der Waals surface area contributed by atoms with Gasteiger partial charge >= 0.3 is 0 Å². The minimum Gasteiger partial charge on any atom is -0.399 e. The first-order valence-corrected chi connectivity index (χ1v) is 9.09. The average Bonchev–Trinajstić information content (AvgIpc) is 2.85. The lowest BCUT2D eigenvalue weighted by atomic mass is 9.74. The molecule has 1 saturated heterocycles. The first-order valence-electron chi connectivity index (χ1n) is 9.09. The van der Waals surface area contributed by atoms with Crippen molar-refractivity contribution in [3.05, 3.63) is 42.4 Å². The van der Waals surface area contributed by atoms with Crippen molar-refractivity contribution < 1.29 is 4.79 Å². The van der Waals surface area contributed by atoms with Crippen LogP contribution in [0.4, 0.5) is 17.2 Å². The molecule has 0 unspecified atom stereocenters. The van der Waals surface area contributed by atoms with Crippen LogP contribution in [0.3, 0.4) is 0 Å². The molecule has 0 radical (unpaired) electrons. The average molecular weight is 351 g/mol. The number of hydrogen-bond acceptors (Lipinski definition) is 5. The van der Waals surface area contributed by atoms with Crippen molar-refractivity contribution in [1.29, 1.82) is 0 Å². The van der Waals surface area contributed by atoms with Crippen molar-refractivity contribution >= 4 is 23.1 Å². The van der Waals surface area contributed by atoms with Gasteiger partial charge in [-0.1, -0.05) is 0 Å². The number of rotatable bonds is 1. The second-order valence-electron chi connectivity index (χ2n) is 8.23. The monoisotopic (exact) mass is 351 g/mol. The van der Waals surface area contributed by atoms with E-state index in [1.165, 1.54) is 6.33 Å². The lowest BCUT2D eigenvalue weighted by Crippen LogP contribution is -2.53. The Kier molecular flexibility index (Phi) is 3.68. The van der Waals surface area contributed by atoms with Crippen molar-refractivity contribution in [1.82, 2.24) is 9.97 Å². The highest BCUT2D eigenvalue weighted by atomic mass is 16.2. The summed E-state index contributed by atoms with van der Waals surface area (Å²) in [7, 11) is 0. The molecular formula is C20H25N5O. The van der Waals surface area contributed by atoms with Gasteiger partial charge in [-0.15, -0.1) is 0 Å². The maximum absolute atomic E-state index is 13.5. The number of nitrogens with zero attached hydrogens (tertiary/aromatic N) is 4. The van der Waals surface area contributed by atoms with Crippen molar-refractivity contribution in [2.75, 3.05) is 28.6 Å². The highest BCUT2D eigenvalue weighted by molar-refractivity contribution is 6.08. The molecule has 0 saturated carbocycles. The molecule has 1 aromatic heterocycles. The van der Waals surface area contributed by atoms with Crippen molar-refractivity contribution in [2.45, 2.75) is 44.6 Å². The summed E-state index contributed by atoms with van der Waals surface area (Å²) in [4.78, 5) is 26.4. The second kappa shape index (κ2) is 5.69. The fourth-order valence-corrected chi connectivity index (χ4v) is 4.20. The van der Waals surface area contributed by atoms with E-state index in [4.69, 9.17) is 5.73 Å². The van der Waals surface area contributed by atoms with Crippen LogP contribution in [0.15, 0.2) is 36.8 Å². The normalized spacial score (nSPS) is 19.1. The molecule has 1 aromatic carbocycles. The quantitative estimate of drug-likeness (QED) is 0.800. The molecule has 136 valence electrons. The fourth-order valence-electron chi connectivity index (χ4n) is 4.20. The third kappa shape index (κ3) is 2.43. The summed E-state index contributed by atoms with van der Waals surface area (Å²) in [5.41, 5.74) is 7.88. The van der Waals surface area contributed by atoms with E-state index in [1.807, 2.05) is 35.4 Å². The second-order valence-corrected chi connectivity index (χ2v) is 8.23. The molecule has 1 spiro atoms. The van der Waals surface area contributed by atoms with Crippen LogP contribution in [-0.2, 0) is 10.2 Å². The summed E-state index contributed by atoms with van der Waals surface area (Å²) in [5.74, 6) is 0.941. The van der Waals surface area contributed by atoms with Gasteiger partial charge < -0.3 is 10.6 Å². The molecule has 0 aliphatic carbocycles. The molecule has 0 bridgehead atoms. The number of benzene rings is 1. The van der Waals surface area contributed by atoms with Gasteiger partial charge in [0, 0.05) is 41.8 Å². The highest BCUT2D eigenvalue weighted by Crippen LogP contribution is 2.49. The summed E-state index contributed by atoms with van der Waals surface area (Å²) in [6.07, 6.45) is 4.91. The molecule has 1 amide bonds. The number of aromatic nitrogens is 2. The number of carbonyl (C=O) groups is 1. The van der Waals surface area contributed by atoms with Crippen LogP contribution in [0.5, 0.6) is 0 Å². The molecule has 0 atom stereocenters. The largest absolute Gasteiger partial charge is 0.399 e. The molecule has 4 rings (SSSR count). The molecule has 2 aliphatic rings. The number of anilines is 3. The lowest BCUT2D eigenvalue weighted by Gasteiger charge is -2.40. The van der Waals surface area contributed by atoms with Gasteiger partial charge in [-0.25, -0.2) is 9.97 Å². The topological polar surface area (TPSA) is 75.4 Å². The van der Waals surface area contributed by atoms with E-state index in [9.17, 15) is 4.79 Å². The van der Waals surface area contributed by atoms with Crippen molar-refractivity contribution in [3.8, 4) is 0 Å². The summed E-state index contributed by atoms with van der Waals surface area (Å²) in [6.45, 7) is 7.81. The van der Waals surface area contributed by atoms with Gasteiger partial charge in [-0.2, -0.15) is 0 Å². The number of nitrogen functional groups attached to an aromatic ring is 1. The molecule has 6 nitrogen and oxygen atoms in total. The SMILES string of the molecule is CC(C)(C)N1C(=O)C2(CCN(c3ccc(N)cc3)CC2)c2cncnc21. The summed E-state index contributed by atoms with van der Waals surface area (Å²) < 4.78 is 0. The Morgan fingerprint density at radius 1 is 1.12 bits per heavy atom. The van der Waals surface area contributed by atoms with Gasteiger partial charge in [0.2, 0.25) is 5.91 Å². The van der Waals surface area contributed by atoms with E-state index >= 15 is 0 Å². The molecule has 2 aliphatic heterocycles. The third-order valence-electron chi connectivity index (χ3n) is 5.58. The molecule has 6 heteroatoms. The number of piperidine rings is 1. The van der Waals surface area contributed by atoms with Crippen LogP contribution in [0.2, 0.25) is 0 Å². The summed E-state index contributed by atoms with van der Waals surface area (Å²) in [5, 5.41) is 0. The lowest BCUT2D eigenvalue weighted by molar-refractivity contribution is -0.124. The molecule has 2 N–H and O–H groups in total. The Morgan fingerprint density at radius 2 is 1.77 bits per heavy atom. The van der Waals surface area contributed by atoms with E-state index in [0.29, 0.717) is 0 Å². The maximum Gasteiger partial charge on any atom is 0.239 e. The standard InChI is InChI=1S/C20H25N5O/c1-19(2,3)25-17-16(12-22-13-23-17)20(18(25)26)8-10-24(11-9-20)15-6-4-14(21)5-7-15/h4-7,12-13H,8-11,21H2,1-3H3. The minimum absolute atomic E-state index is 0.164. The van der Waals surface area contributed by atoms with E-state index < -0.39 is 5.41 Å². The molecular weight excluding hydrogens is 326 g/mol. The smallest absolute Gasteiger partial charge is 0.239 e. The van der Waals surface area contributed by atoms with E-state index in [-0.39, 0.29) is 11.4 Å². The van der Waals surface area contributed by atoms with Crippen LogP contribution in [-0.4, -0.2) is 34.5 Å². The number of nitrogens with two attached hydrogens (primary N) is 1. The molecule has 1 fully saturated rings. The van der Waals surface area contributed by atoms with Gasteiger partial charge in [-0.3, -0.25) is 9.69 Å². The van der Waals surface area contributed by atoms with E-state index in [1.54, 1.807) is 0 Å². The number of amides is 1. The Bertz CT molecular complexity index is 832. The number of hydrogen-bond donors (Lipinski definition) is 1. The zero-order valence-electron chi connectivity index (χ0n) is 15.6. The zero-order valence-corrected chi connectivity index (χ0v) is 15.6. The highest BCUT2D eigenvalue weighted by Gasteiger charge is 2.55. The first kappa shape index (κ1) is 16.8. The Balaban J connectivity index is 1.66. The Labute approximate surface area is 154 Å². The van der Waals surface area contributed by atoms with Crippen LogP contribution < -0.4 is 15.5 Å². The van der Waals surface area contributed by atoms with E-state index in [2.05, 4.69) is 35.6 Å². The fraction of sp³-hybridized carbons (Fsp3) is 0.450. The summed E-state index contributed by atoms with van der Waals surface area (Å²) in [6, 6.07) is 7.93. The minimum atomic E-state index is -0.506.